The van der Waals surface area contributed by atoms with Crippen LogP contribution in [0.1, 0.15) is 47.3 Å². The minimum atomic E-state index is -0.331. The molecule has 4 nitrogen and oxygen atoms in total. The highest BCUT2D eigenvalue weighted by Gasteiger charge is 2.32. The first-order valence-corrected chi connectivity index (χ1v) is 9.89. The zero-order valence-corrected chi connectivity index (χ0v) is 16.9. The van der Waals surface area contributed by atoms with Gasteiger partial charge in [-0.25, -0.2) is 4.39 Å². The quantitative estimate of drug-likeness (QED) is 0.679. The number of aromatic nitrogens is 1. The van der Waals surface area contributed by atoms with Gasteiger partial charge in [0.2, 0.25) is 0 Å². The van der Waals surface area contributed by atoms with Crippen molar-refractivity contribution < 1.29 is 4.39 Å². The molecule has 0 fully saturated rings. The Balaban J connectivity index is 1.82. The third-order valence-corrected chi connectivity index (χ3v) is 5.44. The van der Waals surface area contributed by atoms with E-state index in [4.69, 9.17) is 5.10 Å². The van der Waals surface area contributed by atoms with Gasteiger partial charge in [0, 0.05) is 12.1 Å². The summed E-state index contributed by atoms with van der Waals surface area (Å²) in [7, 11) is 0. The first-order valence-electron chi connectivity index (χ1n) is 9.89. The predicted octanol–water partition coefficient (Wildman–Crippen LogP) is 5.05. The van der Waals surface area contributed by atoms with Crippen LogP contribution in [0.15, 0.2) is 64.5 Å². The second-order valence-electron chi connectivity index (χ2n) is 7.50. The Morgan fingerprint density at radius 1 is 1.14 bits per heavy atom. The Labute approximate surface area is 169 Å². The number of aryl methyl sites for hydroxylation is 3. The molecule has 0 radical (unpaired) electrons. The molecule has 1 aliphatic heterocycles. The fourth-order valence-corrected chi connectivity index (χ4v) is 3.97. The first kappa shape index (κ1) is 19.1. The molecule has 0 saturated carbocycles. The summed E-state index contributed by atoms with van der Waals surface area (Å²) in [5.41, 5.74) is 5.49. The first-order chi connectivity index (χ1) is 14.0. The van der Waals surface area contributed by atoms with Crippen molar-refractivity contribution in [3.8, 4) is 0 Å². The van der Waals surface area contributed by atoms with Gasteiger partial charge in [-0.3, -0.25) is 9.80 Å². The molecule has 1 atom stereocenters. The SMILES string of the molecule is CCc1ccc([C@H]2CC(c3c(C)cc(C)[nH]c3=O)=NN2c2ccccc2F)cc1. The molecule has 4 rings (SSSR count). The molecule has 1 aliphatic rings. The molecule has 0 unspecified atom stereocenters. The van der Waals surface area contributed by atoms with Crippen LogP contribution >= 0.6 is 0 Å². The van der Waals surface area contributed by atoms with Crippen LogP contribution in [0.2, 0.25) is 0 Å². The summed E-state index contributed by atoms with van der Waals surface area (Å²) in [5.74, 6) is -0.331. The van der Waals surface area contributed by atoms with Gasteiger partial charge in [-0.05, 0) is 55.2 Å². The third kappa shape index (κ3) is 3.60. The average molecular weight is 389 g/mol. The molecule has 0 aliphatic carbocycles. The Bertz CT molecular complexity index is 1130. The van der Waals surface area contributed by atoms with E-state index in [1.165, 1.54) is 11.6 Å². The number of nitrogens with zero attached hydrogens (tertiary/aromatic N) is 2. The molecule has 2 aromatic carbocycles. The zero-order valence-electron chi connectivity index (χ0n) is 16.9. The number of pyridine rings is 1. The lowest BCUT2D eigenvalue weighted by atomic mass is 9.95. The Morgan fingerprint density at radius 2 is 1.86 bits per heavy atom. The van der Waals surface area contributed by atoms with Crippen LogP contribution in [0.3, 0.4) is 0 Å². The van der Waals surface area contributed by atoms with Crippen LogP contribution in [0, 0.1) is 19.7 Å². The Hall–Kier alpha value is -3.21. The van der Waals surface area contributed by atoms with Gasteiger partial charge in [0.25, 0.3) is 5.56 Å². The number of hydrogen-bond donors (Lipinski definition) is 1. The predicted molar refractivity (Wildman–Crippen MR) is 115 cm³/mol. The van der Waals surface area contributed by atoms with Crippen LogP contribution < -0.4 is 10.6 Å². The van der Waals surface area contributed by atoms with Gasteiger partial charge >= 0.3 is 0 Å². The van der Waals surface area contributed by atoms with Gasteiger partial charge in [-0.15, -0.1) is 0 Å². The molecule has 148 valence electrons. The van der Waals surface area contributed by atoms with E-state index in [1.54, 1.807) is 23.2 Å². The summed E-state index contributed by atoms with van der Waals surface area (Å²) in [4.78, 5) is 15.5. The number of aromatic amines is 1. The molecule has 29 heavy (non-hydrogen) atoms. The summed E-state index contributed by atoms with van der Waals surface area (Å²) < 4.78 is 14.6. The van der Waals surface area contributed by atoms with Crippen LogP contribution in [-0.2, 0) is 6.42 Å². The average Bonchev–Trinajstić information content (AvgIpc) is 3.12. The highest BCUT2D eigenvalue weighted by molar-refractivity contribution is 6.04. The van der Waals surface area contributed by atoms with Gasteiger partial charge in [-0.1, -0.05) is 43.3 Å². The summed E-state index contributed by atoms with van der Waals surface area (Å²) in [6.45, 7) is 5.89. The normalized spacial score (nSPS) is 16.2. The second-order valence-corrected chi connectivity index (χ2v) is 7.50. The van der Waals surface area contributed by atoms with E-state index in [0.717, 1.165) is 23.2 Å². The lowest BCUT2D eigenvalue weighted by Gasteiger charge is -2.24. The van der Waals surface area contributed by atoms with Crippen molar-refractivity contribution in [3.63, 3.8) is 0 Å². The Kier molecular flexibility index (Phi) is 5.05. The van der Waals surface area contributed by atoms with Crippen molar-refractivity contribution in [2.75, 3.05) is 5.01 Å². The van der Waals surface area contributed by atoms with Crippen molar-refractivity contribution in [2.45, 2.75) is 39.7 Å². The largest absolute Gasteiger partial charge is 0.326 e. The number of benzene rings is 2. The molecule has 3 aromatic rings. The van der Waals surface area contributed by atoms with Crippen LogP contribution in [-0.4, -0.2) is 10.7 Å². The molecular formula is C24H24FN3O. The number of nitrogens with one attached hydrogen (secondary N) is 1. The van der Waals surface area contributed by atoms with Gasteiger partial charge in [-0.2, -0.15) is 5.10 Å². The van der Waals surface area contributed by atoms with Gasteiger partial charge in [0.05, 0.1) is 23.0 Å². The van der Waals surface area contributed by atoms with Crippen LogP contribution in [0.25, 0.3) is 0 Å². The minimum absolute atomic E-state index is 0.156. The molecule has 1 aromatic heterocycles. The number of para-hydroxylation sites is 1. The maximum atomic E-state index is 14.6. The number of anilines is 1. The molecule has 5 heteroatoms. The number of rotatable bonds is 4. The molecule has 1 N–H and O–H groups in total. The van der Waals surface area contributed by atoms with E-state index >= 15 is 0 Å². The second kappa shape index (κ2) is 7.66. The van der Waals surface area contributed by atoms with Crippen molar-refractivity contribution >= 4 is 11.4 Å². The highest BCUT2D eigenvalue weighted by Crippen LogP contribution is 2.37. The topological polar surface area (TPSA) is 48.5 Å². The molecule has 2 heterocycles. The molecule has 0 bridgehead atoms. The minimum Gasteiger partial charge on any atom is -0.326 e. The lowest BCUT2D eigenvalue weighted by Crippen LogP contribution is -2.20. The highest BCUT2D eigenvalue weighted by atomic mass is 19.1. The lowest BCUT2D eigenvalue weighted by molar-refractivity contribution is 0.606. The van der Waals surface area contributed by atoms with Gasteiger partial charge < -0.3 is 4.98 Å². The van der Waals surface area contributed by atoms with Gasteiger partial charge in [0.15, 0.2) is 0 Å². The van der Waals surface area contributed by atoms with Crippen molar-refractivity contribution in [2.24, 2.45) is 5.10 Å². The van der Waals surface area contributed by atoms with E-state index in [0.29, 0.717) is 23.4 Å². The summed E-state index contributed by atoms with van der Waals surface area (Å²) >= 11 is 0. The fraction of sp³-hybridized carbons (Fsp3) is 0.250. The number of halogens is 1. The maximum Gasteiger partial charge on any atom is 0.257 e. The molecule has 0 saturated heterocycles. The summed E-state index contributed by atoms with van der Waals surface area (Å²) in [6, 6.07) is 16.7. The summed E-state index contributed by atoms with van der Waals surface area (Å²) in [6.07, 6.45) is 1.49. The zero-order chi connectivity index (χ0) is 20.5. The standard InChI is InChI=1S/C24H24FN3O/c1-4-17-9-11-18(12-10-17)22-14-20(23-15(2)13-16(3)26-24(23)29)27-28(22)21-8-6-5-7-19(21)25/h5-13,22H,4,14H2,1-3H3,(H,26,29)/t22-/m1/s1. The maximum absolute atomic E-state index is 14.6. The van der Waals surface area contributed by atoms with E-state index in [9.17, 15) is 9.18 Å². The third-order valence-electron chi connectivity index (χ3n) is 5.44. The number of H-pyrrole nitrogens is 1. The number of hydrogen-bond acceptors (Lipinski definition) is 3. The van der Waals surface area contributed by atoms with Crippen molar-refractivity contribution in [1.82, 2.24) is 4.98 Å². The van der Waals surface area contributed by atoms with E-state index < -0.39 is 0 Å². The van der Waals surface area contributed by atoms with Gasteiger partial charge in [0.1, 0.15) is 5.82 Å². The van der Waals surface area contributed by atoms with Crippen molar-refractivity contribution in [1.29, 1.82) is 0 Å². The fourth-order valence-electron chi connectivity index (χ4n) is 3.97. The smallest absolute Gasteiger partial charge is 0.257 e. The van der Waals surface area contributed by atoms with E-state index in [2.05, 4.69) is 36.2 Å². The molecule has 0 spiro atoms. The monoisotopic (exact) mass is 389 g/mol. The van der Waals surface area contributed by atoms with E-state index in [1.807, 2.05) is 19.9 Å². The van der Waals surface area contributed by atoms with Crippen LogP contribution in [0.4, 0.5) is 10.1 Å². The van der Waals surface area contributed by atoms with Crippen LogP contribution in [0.5, 0.6) is 0 Å². The van der Waals surface area contributed by atoms with Crippen molar-refractivity contribution in [3.05, 3.63) is 98.7 Å². The Morgan fingerprint density at radius 3 is 2.52 bits per heavy atom. The number of hydrazone groups is 1. The molecular weight excluding hydrogens is 365 g/mol. The summed E-state index contributed by atoms with van der Waals surface area (Å²) in [5, 5.41) is 6.44. The molecule has 0 amide bonds. The van der Waals surface area contributed by atoms with E-state index in [-0.39, 0.29) is 17.4 Å².